The molecule has 3 aromatic rings. The van der Waals surface area contributed by atoms with Gasteiger partial charge >= 0.3 is 5.97 Å². The van der Waals surface area contributed by atoms with Crippen molar-refractivity contribution in [1.29, 1.82) is 0 Å². The number of ether oxygens (including phenoxy) is 1. The number of sulfonamides is 1. The van der Waals surface area contributed by atoms with Gasteiger partial charge in [0, 0.05) is 10.9 Å². The van der Waals surface area contributed by atoms with Gasteiger partial charge in [-0.3, -0.25) is 4.72 Å². The van der Waals surface area contributed by atoms with Crippen molar-refractivity contribution in [2.24, 2.45) is 0 Å². The number of esters is 1. The molecule has 0 unspecified atom stereocenters. The Balaban J connectivity index is 2.16. The van der Waals surface area contributed by atoms with E-state index in [1.54, 1.807) is 17.5 Å². The molecular weight excluding hydrogens is 382 g/mol. The number of hydrogen-bond donors (Lipinski definition) is 1. The maximum Gasteiger partial charge on any atom is 0.349 e. The van der Waals surface area contributed by atoms with Crippen LogP contribution in [0.1, 0.15) is 20.8 Å². The van der Waals surface area contributed by atoms with Gasteiger partial charge < -0.3 is 4.74 Å². The standard InChI is InChI=1S/C20H19NO4S2/c1-13-8-10-15(11-9-13)16-12-26-18(20(22)25-3)19(16)27(23,24)21-17-7-5-4-6-14(17)2/h4-12,21H,1-3H3. The summed E-state index contributed by atoms with van der Waals surface area (Å²) in [5, 5.41) is 1.67. The van der Waals surface area contributed by atoms with Crippen molar-refractivity contribution < 1.29 is 17.9 Å². The summed E-state index contributed by atoms with van der Waals surface area (Å²) in [6.07, 6.45) is 0. The third-order valence-corrected chi connectivity index (χ3v) is 6.68. The van der Waals surface area contributed by atoms with E-state index in [1.165, 1.54) is 7.11 Å². The van der Waals surface area contributed by atoms with Crippen molar-refractivity contribution in [2.45, 2.75) is 18.7 Å². The highest BCUT2D eigenvalue weighted by Gasteiger charge is 2.30. The molecule has 0 aliphatic carbocycles. The first-order valence-electron chi connectivity index (χ1n) is 8.19. The summed E-state index contributed by atoms with van der Waals surface area (Å²) >= 11 is 1.06. The molecule has 1 heterocycles. The van der Waals surface area contributed by atoms with Crippen molar-refractivity contribution in [2.75, 3.05) is 11.8 Å². The topological polar surface area (TPSA) is 72.5 Å². The Morgan fingerprint density at radius 1 is 1.04 bits per heavy atom. The second-order valence-corrected chi connectivity index (χ2v) is 8.58. The number of methoxy groups -OCH3 is 1. The van der Waals surface area contributed by atoms with Gasteiger partial charge in [-0.1, -0.05) is 48.0 Å². The second-order valence-electron chi connectivity index (χ2n) is 6.09. The van der Waals surface area contributed by atoms with E-state index in [4.69, 9.17) is 4.74 Å². The van der Waals surface area contributed by atoms with Crippen LogP contribution in [-0.4, -0.2) is 21.5 Å². The van der Waals surface area contributed by atoms with E-state index < -0.39 is 16.0 Å². The summed E-state index contributed by atoms with van der Waals surface area (Å²) < 4.78 is 33.8. The maximum atomic E-state index is 13.2. The van der Waals surface area contributed by atoms with Crippen molar-refractivity contribution in [3.63, 3.8) is 0 Å². The molecule has 5 nitrogen and oxygen atoms in total. The number of para-hydroxylation sites is 1. The zero-order valence-electron chi connectivity index (χ0n) is 15.1. The van der Waals surface area contributed by atoms with Crippen molar-refractivity contribution in [3.05, 3.63) is 69.9 Å². The summed E-state index contributed by atoms with van der Waals surface area (Å²) in [4.78, 5) is 12.2. The predicted octanol–water partition coefficient (Wildman–Crippen LogP) is 4.62. The van der Waals surface area contributed by atoms with E-state index in [0.717, 1.165) is 28.0 Å². The molecule has 0 fully saturated rings. The van der Waals surface area contributed by atoms with Crippen molar-refractivity contribution >= 4 is 33.0 Å². The molecule has 0 amide bonds. The number of carbonyl (C=O) groups is 1. The van der Waals surface area contributed by atoms with Gasteiger partial charge in [-0.05, 0) is 31.0 Å². The Morgan fingerprint density at radius 3 is 2.33 bits per heavy atom. The lowest BCUT2D eigenvalue weighted by atomic mass is 10.1. The fourth-order valence-corrected chi connectivity index (χ4v) is 5.51. The van der Waals surface area contributed by atoms with Crippen LogP contribution in [0.15, 0.2) is 58.8 Å². The highest BCUT2D eigenvalue weighted by Crippen LogP contribution is 2.37. The number of hydrogen-bond acceptors (Lipinski definition) is 5. The Hall–Kier alpha value is -2.64. The average Bonchev–Trinajstić information content (AvgIpc) is 3.09. The van der Waals surface area contributed by atoms with E-state index in [-0.39, 0.29) is 9.77 Å². The third kappa shape index (κ3) is 3.89. The first kappa shape index (κ1) is 19.1. The number of rotatable bonds is 5. The summed E-state index contributed by atoms with van der Waals surface area (Å²) in [5.74, 6) is -0.677. The zero-order chi connectivity index (χ0) is 19.6. The van der Waals surface area contributed by atoms with Gasteiger partial charge in [0.2, 0.25) is 0 Å². The minimum atomic E-state index is -4.01. The van der Waals surface area contributed by atoms with Gasteiger partial charge in [0.15, 0.2) is 0 Å². The summed E-state index contributed by atoms with van der Waals surface area (Å²) in [7, 11) is -2.77. The summed E-state index contributed by atoms with van der Waals surface area (Å²) in [6.45, 7) is 3.77. The number of anilines is 1. The van der Waals surface area contributed by atoms with Gasteiger partial charge in [0.05, 0.1) is 12.8 Å². The van der Waals surface area contributed by atoms with Crippen LogP contribution in [0, 0.1) is 13.8 Å². The van der Waals surface area contributed by atoms with Gasteiger partial charge in [-0.2, -0.15) is 0 Å². The van der Waals surface area contributed by atoms with Crippen LogP contribution in [0.3, 0.4) is 0 Å². The highest BCUT2D eigenvalue weighted by molar-refractivity contribution is 7.93. The second kappa shape index (κ2) is 7.54. The first-order valence-corrected chi connectivity index (χ1v) is 10.5. The molecular formula is C20H19NO4S2. The molecule has 0 aliphatic heterocycles. The lowest BCUT2D eigenvalue weighted by Crippen LogP contribution is -2.17. The molecule has 0 saturated heterocycles. The molecule has 27 heavy (non-hydrogen) atoms. The first-order chi connectivity index (χ1) is 12.8. The van der Waals surface area contributed by atoms with Gasteiger partial charge in [0.25, 0.3) is 10.0 Å². The number of carbonyl (C=O) groups excluding carboxylic acids is 1. The van der Waals surface area contributed by atoms with Crippen LogP contribution in [0.2, 0.25) is 0 Å². The lowest BCUT2D eigenvalue weighted by Gasteiger charge is -2.13. The summed E-state index contributed by atoms with van der Waals surface area (Å²) in [5.41, 5.74) is 3.51. The Labute approximate surface area is 162 Å². The predicted molar refractivity (Wildman–Crippen MR) is 108 cm³/mol. The molecule has 7 heteroatoms. The highest BCUT2D eigenvalue weighted by atomic mass is 32.2. The SMILES string of the molecule is COC(=O)c1scc(-c2ccc(C)cc2)c1S(=O)(=O)Nc1ccccc1C. The minimum absolute atomic E-state index is 0.0501. The lowest BCUT2D eigenvalue weighted by molar-refractivity contribution is 0.0602. The van der Waals surface area contributed by atoms with Crippen LogP contribution in [-0.2, 0) is 14.8 Å². The number of aryl methyl sites for hydroxylation is 2. The largest absolute Gasteiger partial charge is 0.465 e. The van der Waals surface area contributed by atoms with Crippen molar-refractivity contribution in [3.8, 4) is 11.1 Å². The van der Waals surface area contributed by atoms with Crippen LogP contribution in [0.5, 0.6) is 0 Å². The van der Waals surface area contributed by atoms with Gasteiger partial charge in [0.1, 0.15) is 9.77 Å². The Kier molecular flexibility index (Phi) is 5.34. The molecule has 3 rings (SSSR count). The Bertz CT molecular complexity index is 1080. The normalized spacial score (nSPS) is 11.2. The van der Waals surface area contributed by atoms with Gasteiger partial charge in [-0.25, -0.2) is 13.2 Å². The van der Waals surface area contributed by atoms with Crippen LogP contribution in [0.4, 0.5) is 5.69 Å². The molecule has 140 valence electrons. The van der Waals surface area contributed by atoms with Crippen LogP contribution < -0.4 is 4.72 Å². The number of thiophene rings is 1. The van der Waals surface area contributed by atoms with E-state index >= 15 is 0 Å². The van der Waals surface area contributed by atoms with Crippen molar-refractivity contribution in [1.82, 2.24) is 0 Å². The monoisotopic (exact) mass is 401 g/mol. The molecule has 2 aromatic carbocycles. The quantitative estimate of drug-likeness (QED) is 0.633. The maximum absolute atomic E-state index is 13.2. The molecule has 0 bridgehead atoms. The average molecular weight is 402 g/mol. The fraction of sp³-hybridized carbons (Fsp3) is 0.150. The van der Waals surface area contributed by atoms with Gasteiger partial charge in [-0.15, -0.1) is 11.3 Å². The van der Waals surface area contributed by atoms with E-state index in [9.17, 15) is 13.2 Å². The van der Waals surface area contributed by atoms with E-state index in [0.29, 0.717) is 11.3 Å². The minimum Gasteiger partial charge on any atom is -0.465 e. The van der Waals surface area contributed by atoms with Crippen LogP contribution in [0.25, 0.3) is 11.1 Å². The van der Waals surface area contributed by atoms with Crippen LogP contribution >= 0.6 is 11.3 Å². The van der Waals surface area contributed by atoms with E-state index in [2.05, 4.69) is 4.72 Å². The third-order valence-electron chi connectivity index (χ3n) is 4.14. The van der Waals surface area contributed by atoms with E-state index in [1.807, 2.05) is 50.2 Å². The Morgan fingerprint density at radius 2 is 1.70 bits per heavy atom. The summed E-state index contributed by atoms with van der Waals surface area (Å²) in [6, 6.07) is 14.6. The number of nitrogens with one attached hydrogen (secondary N) is 1. The molecule has 1 N–H and O–H groups in total. The number of benzene rings is 2. The zero-order valence-corrected chi connectivity index (χ0v) is 16.8. The molecule has 0 saturated carbocycles. The molecule has 0 atom stereocenters. The fourth-order valence-electron chi connectivity index (χ4n) is 2.66. The molecule has 0 radical (unpaired) electrons. The molecule has 0 aliphatic rings. The smallest absolute Gasteiger partial charge is 0.349 e. The molecule has 0 spiro atoms. The molecule has 1 aromatic heterocycles.